The summed E-state index contributed by atoms with van der Waals surface area (Å²) in [6, 6.07) is 0. The monoisotopic (exact) mass is 317 g/mol. The topological polar surface area (TPSA) is 26.3 Å². The van der Waals surface area contributed by atoms with Crippen molar-refractivity contribution in [3.8, 4) is 0 Å². The molecule has 0 aliphatic heterocycles. The summed E-state index contributed by atoms with van der Waals surface area (Å²) in [5.74, 6) is 0.0220. The summed E-state index contributed by atoms with van der Waals surface area (Å²) < 4.78 is 8.21. The van der Waals surface area contributed by atoms with Gasteiger partial charge in [0.05, 0.1) is 0 Å². The molecular formula is C11H23O2Te+. The summed E-state index contributed by atoms with van der Waals surface area (Å²) in [5, 5.41) is 0. The maximum absolute atomic E-state index is 11.2. The Balaban J connectivity index is 3.77. The Hall–Kier alpha value is 0.260. The fourth-order valence-corrected chi connectivity index (χ4v) is 7.84. The van der Waals surface area contributed by atoms with Crippen LogP contribution in [-0.2, 0) is 9.53 Å². The predicted molar refractivity (Wildman–Crippen MR) is 62.0 cm³/mol. The Morgan fingerprint density at radius 1 is 1.14 bits per heavy atom. The molecule has 2 nitrogen and oxygen atoms in total. The molecule has 0 amide bonds. The number of carbonyl (C=O) groups excluding carboxylic acids is 1. The van der Waals surface area contributed by atoms with E-state index in [9.17, 15) is 4.79 Å². The molecule has 14 heavy (non-hydrogen) atoms. The first-order valence-corrected chi connectivity index (χ1v) is 10.4. The fraction of sp³-hybridized carbons (Fsp3) is 0.909. The molecule has 0 saturated heterocycles. The van der Waals surface area contributed by atoms with Crippen molar-refractivity contribution in [3.05, 3.63) is 0 Å². The van der Waals surface area contributed by atoms with Crippen molar-refractivity contribution < 1.29 is 9.53 Å². The van der Waals surface area contributed by atoms with Crippen molar-refractivity contribution >= 4 is 25.5 Å². The quantitative estimate of drug-likeness (QED) is 0.508. The van der Waals surface area contributed by atoms with Crippen LogP contribution in [0.25, 0.3) is 0 Å². The molecule has 3 heteroatoms. The van der Waals surface area contributed by atoms with Gasteiger partial charge in [0.25, 0.3) is 0 Å². The molecule has 0 bridgehead atoms. The Labute approximate surface area is 95.0 Å². The summed E-state index contributed by atoms with van der Waals surface area (Å²) in [6.45, 7) is 4.43. The number of hydrogen-bond donors (Lipinski definition) is 0. The van der Waals surface area contributed by atoms with Crippen molar-refractivity contribution in [2.24, 2.45) is 0 Å². The molecule has 0 spiro atoms. The van der Waals surface area contributed by atoms with Gasteiger partial charge in [-0.05, 0) is 0 Å². The van der Waals surface area contributed by atoms with Crippen LogP contribution < -0.4 is 0 Å². The van der Waals surface area contributed by atoms with Crippen LogP contribution in [0.2, 0.25) is 13.4 Å². The summed E-state index contributed by atoms with van der Waals surface area (Å²) >= 11 is -1.12. The Kier molecular flexibility index (Phi) is 9.98. The van der Waals surface area contributed by atoms with E-state index in [4.69, 9.17) is 4.74 Å². The van der Waals surface area contributed by atoms with Gasteiger partial charge in [-0.25, -0.2) is 0 Å². The average Bonchev–Trinajstić information content (AvgIpc) is 2.21. The molecule has 0 atom stereocenters. The van der Waals surface area contributed by atoms with Gasteiger partial charge in [-0.15, -0.1) is 0 Å². The van der Waals surface area contributed by atoms with Crippen molar-refractivity contribution in [3.63, 3.8) is 0 Å². The van der Waals surface area contributed by atoms with Crippen LogP contribution in [0.3, 0.4) is 0 Å². The molecule has 0 aliphatic rings. The number of hydrogen-bond acceptors (Lipinski definition) is 2. The first-order chi connectivity index (χ1) is 6.74. The Bertz CT molecular complexity index is 140. The molecule has 0 aromatic carbocycles. The van der Waals surface area contributed by atoms with Gasteiger partial charge < -0.3 is 0 Å². The van der Waals surface area contributed by atoms with E-state index in [1.165, 1.54) is 41.7 Å². The number of esters is 1. The van der Waals surface area contributed by atoms with Gasteiger partial charge in [0.1, 0.15) is 0 Å². The molecule has 0 rings (SSSR count). The molecule has 84 valence electrons. The molecule has 0 aromatic heterocycles. The fourth-order valence-electron chi connectivity index (χ4n) is 1.17. The van der Waals surface area contributed by atoms with Gasteiger partial charge in [0.15, 0.2) is 0 Å². The number of carbonyl (C=O) groups is 1. The second-order valence-corrected chi connectivity index (χ2v) is 10.1. The SMILES string of the molecule is CCCC[Te+](CCCC)CC(=O)OC. The third-order valence-corrected chi connectivity index (χ3v) is 8.90. The van der Waals surface area contributed by atoms with Crippen LogP contribution in [0.1, 0.15) is 39.5 Å². The first kappa shape index (κ1) is 14.3. The van der Waals surface area contributed by atoms with E-state index in [1.54, 1.807) is 0 Å². The van der Waals surface area contributed by atoms with Gasteiger partial charge in [0.2, 0.25) is 0 Å². The standard InChI is InChI=1S/C11H23O2Te/c1-4-6-8-14(9-7-5-2)10-11(12)13-3/h4-10H2,1-3H3/q+1. The van der Waals surface area contributed by atoms with Crippen LogP contribution in [0, 0.1) is 0 Å². The van der Waals surface area contributed by atoms with E-state index in [2.05, 4.69) is 13.8 Å². The molecule has 0 heterocycles. The molecule has 0 aliphatic carbocycles. The number of ether oxygens (including phenoxy) is 1. The Morgan fingerprint density at radius 3 is 2.00 bits per heavy atom. The van der Waals surface area contributed by atoms with Gasteiger partial charge >= 0.3 is 95.1 Å². The van der Waals surface area contributed by atoms with Crippen molar-refractivity contribution in [2.75, 3.05) is 7.11 Å². The van der Waals surface area contributed by atoms with Crippen LogP contribution >= 0.6 is 0 Å². The zero-order valence-corrected chi connectivity index (χ0v) is 12.0. The molecule has 0 radical (unpaired) electrons. The molecule has 0 fully saturated rings. The summed E-state index contributed by atoms with van der Waals surface area (Å²) in [7, 11) is 1.50. The van der Waals surface area contributed by atoms with Crippen LogP contribution in [0.15, 0.2) is 0 Å². The average molecular weight is 315 g/mol. The summed E-state index contributed by atoms with van der Waals surface area (Å²) in [6.07, 6.45) is 5.12. The molecule has 0 unspecified atom stereocenters. The van der Waals surface area contributed by atoms with E-state index < -0.39 is 19.6 Å². The molecule has 0 saturated carbocycles. The normalized spacial score (nSPS) is 10.6. The van der Waals surface area contributed by atoms with E-state index in [-0.39, 0.29) is 5.97 Å². The van der Waals surface area contributed by atoms with Crippen LogP contribution in [0.5, 0.6) is 0 Å². The number of rotatable bonds is 8. The Morgan fingerprint density at radius 2 is 1.64 bits per heavy atom. The van der Waals surface area contributed by atoms with Crippen LogP contribution in [0.4, 0.5) is 0 Å². The van der Waals surface area contributed by atoms with Gasteiger partial charge in [-0.1, -0.05) is 0 Å². The predicted octanol–water partition coefficient (Wildman–Crippen LogP) is 3.25. The molecule has 0 aromatic rings. The van der Waals surface area contributed by atoms with Gasteiger partial charge in [0, 0.05) is 0 Å². The van der Waals surface area contributed by atoms with E-state index >= 15 is 0 Å². The minimum absolute atomic E-state index is 0.0220. The van der Waals surface area contributed by atoms with E-state index in [1.807, 2.05) is 0 Å². The van der Waals surface area contributed by atoms with Crippen molar-refractivity contribution in [1.29, 1.82) is 0 Å². The van der Waals surface area contributed by atoms with E-state index in [0.717, 1.165) is 4.47 Å². The first-order valence-electron chi connectivity index (χ1n) is 5.45. The molecule has 0 N–H and O–H groups in total. The van der Waals surface area contributed by atoms with Gasteiger partial charge in [-0.2, -0.15) is 0 Å². The second-order valence-electron chi connectivity index (χ2n) is 3.45. The molecular weight excluding hydrogens is 292 g/mol. The second kappa shape index (κ2) is 9.80. The summed E-state index contributed by atoms with van der Waals surface area (Å²) in [4.78, 5) is 11.2. The number of unbranched alkanes of at least 4 members (excludes halogenated alkanes) is 2. The van der Waals surface area contributed by atoms with Crippen LogP contribution in [-0.4, -0.2) is 32.6 Å². The summed E-state index contributed by atoms with van der Waals surface area (Å²) in [5.41, 5.74) is 0. The third kappa shape index (κ3) is 7.64. The van der Waals surface area contributed by atoms with Crippen molar-refractivity contribution in [1.82, 2.24) is 0 Å². The van der Waals surface area contributed by atoms with Crippen molar-refractivity contribution in [2.45, 2.75) is 52.9 Å². The minimum atomic E-state index is -1.12. The van der Waals surface area contributed by atoms with Gasteiger partial charge in [-0.3, -0.25) is 0 Å². The maximum atomic E-state index is 11.2. The van der Waals surface area contributed by atoms with E-state index in [0.29, 0.717) is 0 Å². The zero-order chi connectivity index (χ0) is 10.8. The third-order valence-electron chi connectivity index (χ3n) is 2.12. The zero-order valence-electron chi connectivity index (χ0n) is 9.67. The number of methoxy groups -OCH3 is 1.